The normalized spacial score (nSPS) is 55.3. The van der Waals surface area contributed by atoms with E-state index >= 15 is 0 Å². The van der Waals surface area contributed by atoms with E-state index in [-0.39, 0.29) is 0 Å². The molecule has 2 heterocycles. The van der Waals surface area contributed by atoms with Crippen LogP contribution in [0, 0.1) is 0 Å². The molecule has 0 aliphatic carbocycles. The zero-order valence-electron chi connectivity index (χ0n) is 5.53. The van der Waals surface area contributed by atoms with Gasteiger partial charge in [0.2, 0.25) is 0 Å². The molecule has 2 rings (SSSR count). The van der Waals surface area contributed by atoms with Gasteiger partial charge in [-0.05, 0) is 0 Å². The molecule has 2 fully saturated rings. The standard InChI is InChI=1S/C6H10S3/c1-3-5(7-3)9-6-4(2)8-6/h3-6H,1-2H3. The molecule has 0 aromatic rings. The molecule has 0 spiro atoms. The zero-order chi connectivity index (χ0) is 6.43. The molecule has 52 valence electrons. The molecular weight excluding hydrogens is 168 g/mol. The second-order valence-corrected chi connectivity index (χ2v) is 7.49. The van der Waals surface area contributed by atoms with Crippen LogP contribution in [0.1, 0.15) is 13.8 Å². The quantitative estimate of drug-likeness (QED) is 0.597. The van der Waals surface area contributed by atoms with Gasteiger partial charge in [-0.15, -0.1) is 35.3 Å². The molecule has 4 unspecified atom stereocenters. The highest BCUT2D eigenvalue weighted by Gasteiger charge is 2.43. The van der Waals surface area contributed by atoms with E-state index in [2.05, 4.69) is 49.1 Å². The van der Waals surface area contributed by atoms with E-state index in [0.29, 0.717) is 0 Å². The minimum absolute atomic E-state index is 0.948. The molecule has 0 aromatic carbocycles. The summed E-state index contributed by atoms with van der Waals surface area (Å²) in [5.74, 6) is 0. The molecule has 2 aliphatic rings. The highest BCUT2D eigenvalue weighted by molar-refractivity contribution is 8.31. The predicted molar refractivity (Wildman–Crippen MR) is 49.3 cm³/mol. The van der Waals surface area contributed by atoms with Gasteiger partial charge in [0.25, 0.3) is 0 Å². The van der Waals surface area contributed by atoms with E-state index in [1.165, 1.54) is 0 Å². The summed E-state index contributed by atoms with van der Waals surface area (Å²) in [6, 6.07) is 0. The SMILES string of the molecule is CC1SC1SC1SC1C. The van der Waals surface area contributed by atoms with Crippen LogP contribution in [0.3, 0.4) is 0 Å². The van der Waals surface area contributed by atoms with Crippen LogP contribution in [-0.2, 0) is 0 Å². The summed E-state index contributed by atoms with van der Waals surface area (Å²) in [4.78, 5) is 0. The number of rotatable bonds is 2. The maximum absolute atomic E-state index is 2.32. The molecule has 3 heteroatoms. The lowest BCUT2D eigenvalue weighted by atomic mass is 10.6. The largest absolute Gasteiger partial charge is 0.141 e. The molecule has 0 saturated carbocycles. The fourth-order valence-electron chi connectivity index (χ4n) is 0.750. The van der Waals surface area contributed by atoms with Crippen molar-refractivity contribution in [3.05, 3.63) is 0 Å². The Balaban J connectivity index is 1.69. The maximum atomic E-state index is 2.32. The van der Waals surface area contributed by atoms with Gasteiger partial charge in [0.1, 0.15) is 0 Å². The molecular formula is C6H10S3. The molecule has 2 aliphatic heterocycles. The first kappa shape index (κ1) is 6.74. The van der Waals surface area contributed by atoms with Crippen molar-refractivity contribution in [1.82, 2.24) is 0 Å². The van der Waals surface area contributed by atoms with Gasteiger partial charge in [0.15, 0.2) is 0 Å². The van der Waals surface area contributed by atoms with Crippen molar-refractivity contribution in [1.29, 1.82) is 0 Å². The van der Waals surface area contributed by atoms with Crippen molar-refractivity contribution in [3.8, 4) is 0 Å². The summed E-state index contributed by atoms with van der Waals surface area (Å²) >= 11 is 6.40. The van der Waals surface area contributed by atoms with E-state index in [0.717, 1.165) is 19.7 Å². The molecule has 4 atom stereocenters. The topological polar surface area (TPSA) is 0 Å². The predicted octanol–water partition coefficient (Wildman–Crippen LogP) is 2.64. The van der Waals surface area contributed by atoms with Crippen molar-refractivity contribution >= 4 is 35.3 Å². The van der Waals surface area contributed by atoms with Gasteiger partial charge in [-0.3, -0.25) is 0 Å². The Morgan fingerprint density at radius 1 is 1.00 bits per heavy atom. The third-order valence-electron chi connectivity index (χ3n) is 1.58. The highest BCUT2D eigenvalue weighted by atomic mass is 32.2. The minimum Gasteiger partial charge on any atom is -0.141 e. The van der Waals surface area contributed by atoms with Crippen LogP contribution in [0.15, 0.2) is 0 Å². The summed E-state index contributed by atoms with van der Waals surface area (Å²) < 4.78 is 1.90. The van der Waals surface area contributed by atoms with Gasteiger partial charge in [0, 0.05) is 10.5 Å². The van der Waals surface area contributed by atoms with Crippen LogP contribution in [0.2, 0.25) is 0 Å². The maximum Gasteiger partial charge on any atom is 0.0633 e. The third kappa shape index (κ3) is 1.55. The minimum atomic E-state index is 0.948. The molecule has 2 saturated heterocycles. The average Bonchev–Trinajstić information content (AvgIpc) is 2.59. The van der Waals surface area contributed by atoms with Crippen LogP contribution in [-0.4, -0.2) is 19.7 Å². The number of thioether (sulfide) groups is 3. The molecule has 0 amide bonds. The highest BCUT2D eigenvalue weighted by Crippen LogP contribution is 2.59. The van der Waals surface area contributed by atoms with Crippen LogP contribution < -0.4 is 0 Å². The first-order valence-corrected chi connectivity index (χ1v) is 6.06. The Morgan fingerprint density at radius 2 is 1.33 bits per heavy atom. The fraction of sp³-hybridized carbons (Fsp3) is 1.00. The molecule has 0 bridgehead atoms. The van der Waals surface area contributed by atoms with Crippen molar-refractivity contribution in [2.24, 2.45) is 0 Å². The first-order valence-electron chi connectivity index (χ1n) is 3.24. The van der Waals surface area contributed by atoms with E-state index in [1.807, 2.05) is 0 Å². The third-order valence-corrected chi connectivity index (χ3v) is 6.74. The Labute approximate surface area is 68.9 Å². The summed E-state index contributed by atoms with van der Waals surface area (Å²) in [5.41, 5.74) is 0. The second kappa shape index (κ2) is 2.28. The summed E-state index contributed by atoms with van der Waals surface area (Å²) in [7, 11) is 0. The summed E-state index contributed by atoms with van der Waals surface area (Å²) in [6.45, 7) is 4.64. The molecule has 0 nitrogen and oxygen atoms in total. The van der Waals surface area contributed by atoms with E-state index in [4.69, 9.17) is 0 Å². The van der Waals surface area contributed by atoms with Gasteiger partial charge >= 0.3 is 0 Å². The lowest BCUT2D eigenvalue weighted by Crippen LogP contribution is -1.87. The van der Waals surface area contributed by atoms with Gasteiger partial charge in [-0.1, -0.05) is 13.8 Å². The Kier molecular flexibility index (Phi) is 1.71. The van der Waals surface area contributed by atoms with E-state index in [1.54, 1.807) is 0 Å². The van der Waals surface area contributed by atoms with Crippen LogP contribution in [0.5, 0.6) is 0 Å². The second-order valence-electron chi connectivity index (χ2n) is 2.56. The molecule has 0 N–H and O–H groups in total. The van der Waals surface area contributed by atoms with Crippen molar-refractivity contribution in [3.63, 3.8) is 0 Å². The zero-order valence-corrected chi connectivity index (χ0v) is 7.98. The summed E-state index contributed by atoms with van der Waals surface area (Å²) in [6.07, 6.45) is 0. The molecule has 9 heavy (non-hydrogen) atoms. The van der Waals surface area contributed by atoms with E-state index in [9.17, 15) is 0 Å². The van der Waals surface area contributed by atoms with Crippen molar-refractivity contribution in [2.45, 2.75) is 33.5 Å². The van der Waals surface area contributed by atoms with Crippen LogP contribution in [0.4, 0.5) is 0 Å². The Bertz CT molecular complexity index is 111. The Hall–Kier alpha value is 1.05. The van der Waals surface area contributed by atoms with Crippen molar-refractivity contribution in [2.75, 3.05) is 0 Å². The van der Waals surface area contributed by atoms with Gasteiger partial charge in [-0.2, -0.15) is 0 Å². The average molecular weight is 178 g/mol. The lowest BCUT2D eigenvalue weighted by Gasteiger charge is -1.88. The van der Waals surface area contributed by atoms with Crippen LogP contribution >= 0.6 is 35.3 Å². The summed E-state index contributed by atoms with van der Waals surface area (Å²) in [5, 5.41) is 1.90. The molecule has 0 radical (unpaired) electrons. The Morgan fingerprint density at radius 3 is 1.56 bits per heavy atom. The van der Waals surface area contributed by atoms with E-state index < -0.39 is 0 Å². The van der Waals surface area contributed by atoms with Crippen LogP contribution in [0.25, 0.3) is 0 Å². The first-order chi connectivity index (χ1) is 4.27. The lowest BCUT2D eigenvalue weighted by molar-refractivity contribution is 1.17. The fourth-order valence-corrected chi connectivity index (χ4v) is 5.00. The van der Waals surface area contributed by atoms with Crippen molar-refractivity contribution < 1.29 is 0 Å². The number of hydrogen-bond acceptors (Lipinski definition) is 3. The monoisotopic (exact) mass is 178 g/mol. The molecule has 0 aromatic heterocycles. The van der Waals surface area contributed by atoms with Gasteiger partial charge < -0.3 is 0 Å². The number of hydrogen-bond donors (Lipinski definition) is 0. The van der Waals surface area contributed by atoms with Gasteiger partial charge in [-0.25, -0.2) is 0 Å². The van der Waals surface area contributed by atoms with Gasteiger partial charge in [0.05, 0.1) is 9.16 Å². The smallest absolute Gasteiger partial charge is 0.0633 e.